The number of anilines is 1. The third-order valence-corrected chi connectivity index (χ3v) is 5.63. The smallest absolute Gasteiger partial charge is 0.393 e. The highest BCUT2D eigenvalue weighted by molar-refractivity contribution is 7.30. The van der Waals surface area contributed by atoms with Crippen LogP contribution in [0.3, 0.4) is 0 Å². The Morgan fingerprint density at radius 2 is 2.12 bits per heavy atom. The van der Waals surface area contributed by atoms with Gasteiger partial charge in [0.15, 0.2) is 0 Å². The molecule has 1 fully saturated rings. The number of halogens is 4. The zero-order valence-corrected chi connectivity index (χ0v) is 13.9. The van der Waals surface area contributed by atoms with Crippen molar-refractivity contribution in [1.82, 2.24) is 4.90 Å². The first kappa shape index (κ1) is 17.4. The average Bonchev–Trinajstić information content (AvgIpc) is 2.77. The van der Waals surface area contributed by atoms with Crippen LogP contribution in [-0.2, 0) is 6.42 Å². The van der Waals surface area contributed by atoms with Gasteiger partial charge in [-0.1, -0.05) is 6.07 Å². The summed E-state index contributed by atoms with van der Waals surface area (Å²) >= 11 is 0. The predicted octanol–water partition coefficient (Wildman–Crippen LogP) is 4.13. The van der Waals surface area contributed by atoms with E-state index in [1.54, 1.807) is 12.1 Å². The summed E-state index contributed by atoms with van der Waals surface area (Å²) in [4.78, 5) is 1.89. The molecule has 0 bridgehead atoms. The first-order valence-corrected chi connectivity index (χ1v) is 8.86. The zero-order valence-electron chi connectivity index (χ0n) is 13.1. The van der Waals surface area contributed by atoms with Crippen molar-refractivity contribution in [3.8, 4) is 0 Å². The molecule has 1 saturated heterocycles. The lowest BCUT2D eigenvalue weighted by Gasteiger charge is -2.33. The number of alkyl halides is 4. The molecule has 1 aromatic carbocycles. The van der Waals surface area contributed by atoms with Gasteiger partial charge in [-0.05, 0) is 36.4 Å². The van der Waals surface area contributed by atoms with Crippen LogP contribution >= 0.6 is 10.8 Å². The average molecular weight is 362 g/mol. The van der Waals surface area contributed by atoms with Crippen LogP contribution in [0.4, 0.5) is 23.2 Å². The standard InChI is InChI=1S/C16H18F4N2OS/c1-22-6-5-13(12(17)8-22)21-14-4-2-3-11-10(7-16(18,19)20)9-24(23)15(11)14/h2-4,9,12-13,21H,5-8H2,1H3/t12-,13-,24?/m0/s1. The second-order valence-corrected chi connectivity index (χ2v) is 7.47. The van der Waals surface area contributed by atoms with Crippen LogP contribution < -0.4 is 5.32 Å². The van der Waals surface area contributed by atoms with E-state index in [-0.39, 0.29) is 5.56 Å². The molecule has 24 heavy (non-hydrogen) atoms. The van der Waals surface area contributed by atoms with E-state index in [4.69, 9.17) is 0 Å². The highest BCUT2D eigenvalue weighted by Gasteiger charge is 2.32. The molecule has 3 rings (SSSR count). The molecular weight excluding hydrogens is 344 g/mol. The lowest BCUT2D eigenvalue weighted by Crippen LogP contribution is -2.46. The topological polar surface area (TPSA) is 38.3 Å². The van der Waals surface area contributed by atoms with Gasteiger partial charge < -0.3 is 14.8 Å². The van der Waals surface area contributed by atoms with Crippen molar-refractivity contribution in [1.29, 1.82) is 0 Å². The molecule has 0 aliphatic carbocycles. The summed E-state index contributed by atoms with van der Waals surface area (Å²) in [7, 11) is 0.185. The van der Waals surface area contributed by atoms with Crippen LogP contribution in [-0.4, -0.2) is 48.0 Å². The maximum absolute atomic E-state index is 14.2. The fraction of sp³-hybridized carbons (Fsp3) is 0.500. The molecule has 2 aromatic rings. The maximum atomic E-state index is 14.2. The molecule has 3 atom stereocenters. The molecule has 1 N–H and O–H groups in total. The van der Waals surface area contributed by atoms with Crippen molar-refractivity contribution in [2.45, 2.75) is 31.2 Å². The Hall–Kier alpha value is -1.38. The van der Waals surface area contributed by atoms with Gasteiger partial charge in [0.25, 0.3) is 0 Å². The molecule has 3 nitrogen and oxygen atoms in total. The second kappa shape index (κ2) is 6.50. The molecule has 8 heteroatoms. The van der Waals surface area contributed by atoms with Crippen molar-refractivity contribution in [3.63, 3.8) is 0 Å². The van der Waals surface area contributed by atoms with Gasteiger partial charge in [-0.3, -0.25) is 0 Å². The number of thiophene rings is 1. The number of benzene rings is 1. The molecule has 0 radical (unpaired) electrons. The highest BCUT2D eigenvalue weighted by Crippen LogP contribution is 2.40. The van der Waals surface area contributed by atoms with Gasteiger partial charge in [-0.25, -0.2) is 4.39 Å². The fourth-order valence-electron chi connectivity index (χ4n) is 3.14. The number of hydrogen-bond acceptors (Lipinski definition) is 3. The summed E-state index contributed by atoms with van der Waals surface area (Å²) in [6, 6.07) is 4.35. The Kier molecular flexibility index (Phi) is 4.72. The van der Waals surface area contributed by atoms with Gasteiger partial charge in [-0.15, -0.1) is 0 Å². The summed E-state index contributed by atoms with van der Waals surface area (Å²) in [5.41, 5.74) is 0.469. The van der Waals surface area contributed by atoms with Crippen molar-refractivity contribution >= 4 is 26.5 Å². The van der Waals surface area contributed by atoms with Crippen LogP contribution in [0.1, 0.15) is 12.0 Å². The molecule has 0 spiro atoms. The van der Waals surface area contributed by atoms with Crippen LogP contribution in [0.2, 0.25) is 0 Å². The first-order chi connectivity index (χ1) is 11.2. The van der Waals surface area contributed by atoms with E-state index in [0.29, 0.717) is 28.7 Å². The summed E-state index contributed by atoms with van der Waals surface area (Å²) in [6.07, 6.45) is -5.98. The van der Waals surface area contributed by atoms with Gasteiger partial charge in [0, 0.05) is 24.0 Å². The Labute approximate surface area is 140 Å². The minimum Gasteiger partial charge on any atom is -0.590 e. The maximum Gasteiger partial charge on any atom is 0.393 e. The van der Waals surface area contributed by atoms with Gasteiger partial charge in [-0.2, -0.15) is 13.2 Å². The van der Waals surface area contributed by atoms with Crippen molar-refractivity contribution in [2.75, 3.05) is 25.5 Å². The fourth-order valence-corrected chi connectivity index (χ4v) is 4.49. The molecule has 1 aromatic heterocycles. The molecule has 1 unspecified atom stereocenters. The first-order valence-electron chi connectivity index (χ1n) is 7.65. The minimum atomic E-state index is -4.36. The molecule has 1 aliphatic rings. The molecular formula is C16H18F4N2OS. The number of fused-ring (bicyclic) bond motifs is 1. The highest BCUT2D eigenvalue weighted by atomic mass is 32.2. The van der Waals surface area contributed by atoms with E-state index in [0.717, 1.165) is 11.9 Å². The van der Waals surface area contributed by atoms with E-state index in [9.17, 15) is 22.1 Å². The summed E-state index contributed by atoms with van der Waals surface area (Å²) in [6.45, 7) is 1.03. The van der Waals surface area contributed by atoms with Crippen molar-refractivity contribution < 1.29 is 22.1 Å². The number of hydrogen-bond donors (Lipinski definition) is 1. The quantitative estimate of drug-likeness (QED) is 0.659. The molecule has 132 valence electrons. The Bertz CT molecular complexity index is 731. The summed E-state index contributed by atoms with van der Waals surface area (Å²) < 4.78 is 64.8. The van der Waals surface area contributed by atoms with Gasteiger partial charge in [0.1, 0.15) is 11.6 Å². The number of likely N-dealkylation sites (tertiary alicyclic amines) is 1. The van der Waals surface area contributed by atoms with Crippen LogP contribution in [0, 0.1) is 0 Å². The van der Waals surface area contributed by atoms with Crippen LogP contribution in [0.25, 0.3) is 10.1 Å². The van der Waals surface area contributed by atoms with E-state index >= 15 is 0 Å². The van der Waals surface area contributed by atoms with Crippen molar-refractivity contribution in [2.24, 2.45) is 0 Å². The normalized spacial score (nSPS) is 23.7. The number of rotatable bonds is 3. The Balaban J connectivity index is 1.92. The summed E-state index contributed by atoms with van der Waals surface area (Å²) in [5, 5.41) is 4.53. The predicted molar refractivity (Wildman–Crippen MR) is 86.8 cm³/mol. The monoisotopic (exact) mass is 362 g/mol. The number of nitrogens with zero attached hydrogens (tertiary/aromatic N) is 1. The van der Waals surface area contributed by atoms with Gasteiger partial charge >= 0.3 is 6.18 Å². The third-order valence-electron chi connectivity index (χ3n) is 4.29. The zero-order chi connectivity index (χ0) is 17.5. The van der Waals surface area contributed by atoms with Crippen LogP contribution in [0.15, 0.2) is 23.6 Å². The van der Waals surface area contributed by atoms with Gasteiger partial charge in [0.2, 0.25) is 4.70 Å². The SMILES string of the molecule is CN1CC[C@H](Nc2cccc3c(CC(F)(F)F)c[s+]([O-])c23)[C@@H](F)C1. The lowest BCUT2D eigenvalue weighted by molar-refractivity contribution is -0.126. The Morgan fingerprint density at radius 3 is 2.79 bits per heavy atom. The number of piperidine rings is 1. The number of nitrogens with one attached hydrogen (secondary N) is 1. The van der Waals surface area contributed by atoms with E-state index in [1.807, 2.05) is 11.9 Å². The third kappa shape index (κ3) is 3.65. The van der Waals surface area contributed by atoms with E-state index < -0.39 is 35.6 Å². The molecule has 2 heterocycles. The largest absolute Gasteiger partial charge is 0.590 e. The van der Waals surface area contributed by atoms with Gasteiger partial charge in [0.05, 0.1) is 18.2 Å². The lowest BCUT2D eigenvalue weighted by atomic mass is 10.0. The second-order valence-electron chi connectivity index (χ2n) is 6.23. The molecule has 1 aliphatic heterocycles. The molecule has 0 saturated carbocycles. The summed E-state index contributed by atoms with van der Waals surface area (Å²) in [5.74, 6) is 0. The van der Waals surface area contributed by atoms with Crippen LogP contribution in [0.5, 0.6) is 0 Å². The minimum absolute atomic E-state index is 0.0136. The Morgan fingerprint density at radius 1 is 1.38 bits per heavy atom. The molecule has 0 amide bonds. The van der Waals surface area contributed by atoms with E-state index in [1.165, 1.54) is 6.07 Å². The van der Waals surface area contributed by atoms with Crippen molar-refractivity contribution in [3.05, 3.63) is 29.1 Å². The van der Waals surface area contributed by atoms with E-state index in [2.05, 4.69) is 5.32 Å².